The highest BCUT2D eigenvalue weighted by Gasteiger charge is 2.30. The van der Waals surface area contributed by atoms with Gasteiger partial charge in [-0.1, -0.05) is 5.16 Å². The number of carbonyl (C=O) groups is 1. The topological polar surface area (TPSA) is 79.4 Å². The van der Waals surface area contributed by atoms with Crippen LogP contribution >= 0.6 is 0 Å². The summed E-state index contributed by atoms with van der Waals surface area (Å²) >= 11 is 0. The Balaban J connectivity index is 1.54. The molecule has 3 rings (SSSR count). The van der Waals surface area contributed by atoms with E-state index >= 15 is 0 Å². The van der Waals surface area contributed by atoms with E-state index in [4.69, 9.17) is 4.52 Å². The van der Waals surface area contributed by atoms with E-state index in [9.17, 15) is 4.79 Å². The molecule has 3 heterocycles. The van der Waals surface area contributed by atoms with Gasteiger partial charge < -0.3 is 9.09 Å². The number of piperazine rings is 1. The Bertz CT molecular complexity index is 724. The lowest BCUT2D eigenvalue weighted by Gasteiger charge is -2.41. The summed E-state index contributed by atoms with van der Waals surface area (Å²) in [5, 5.41) is 6.58. The van der Waals surface area contributed by atoms with Crippen molar-refractivity contribution >= 4 is 11.8 Å². The fourth-order valence-electron chi connectivity index (χ4n) is 3.15. The maximum atomic E-state index is 12.4. The largest absolute Gasteiger partial charge is 0.338 e. The normalized spacial score (nSPS) is 20.6. The monoisotopic (exact) mass is 346 g/mol. The Hall–Kier alpha value is -2.19. The van der Waals surface area contributed by atoms with E-state index < -0.39 is 0 Å². The standard InChI is InChI=1S/C17H26N6O2/c1-12-9-16(25-20-12)19-17(24)14(3)23-8-7-22(13(2)10-23)11-15-18-5-6-21(15)4/h5-6,9,13-14H,7-8,10-11H2,1-4H3,(H,19,24). The molecule has 136 valence electrons. The number of hydrogen-bond donors (Lipinski definition) is 1. The molecule has 2 unspecified atom stereocenters. The summed E-state index contributed by atoms with van der Waals surface area (Å²) in [5.41, 5.74) is 0.750. The van der Waals surface area contributed by atoms with Gasteiger partial charge in [0.2, 0.25) is 11.8 Å². The zero-order valence-electron chi connectivity index (χ0n) is 15.3. The quantitative estimate of drug-likeness (QED) is 0.878. The molecule has 25 heavy (non-hydrogen) atoms. The molecule has 1 aliphatic heterocycles. The number of nitrogens with one attached hydrogen (secondary N) is 1. The predicted octanol–water partition coefficient (Wildman–Crippen LogP) is 1.25. The molecular formula is C17H26N6O2. The molecule has 1 fully saturated rings. The van der Waals surface area contributed by atoms with Gasteiger partial charge in [-0.2, -0.15) is 0 Å². The second-order valence-electron chi connectivity index (χ2n) is 6.77. The SMILES string of the molecule is Cc1cc(NC(=O)C(C)N2CCN(Cc3nccn3C)C(C)C2)on1. The van der Waals surface area contributed by atoms with Crippen LogP contribution in [-0.4, -0.2) is 62.1 Å². The number of hydrogen-bond acceptors (Lipinski definition) is 6. The van der Waals surface area contributed by atoms with Gasteiger partial charge in [-0.25, -0.2) is 4.98 Å². The third kappa shape index (κ3) is 4.08. The van der Waals surface area contributed by atoms with Gasteiger partial charge in [-0.3, -0.25) is 19.9 Å². The molecule has 2 atom stereocenters. The summed E-state index contributed by atoms with van der Waals surface area (Å²) in [4.78, 5) is 21.5. The van der Waals surface area contributed by atoms with Crippen molar-refractivity contribution in [2.45, 2.75) is 39.4 Å². The first-order valence-electron chi connectivity index (χ1n) is 8.62. The summed E-state index contributed by atoms with van der Waals surface area (Å²) in [6, 6.07) is 1.86. The number of imidazole rings is 1. The van der Waals surface area contributed by atoms with Crippen molar-refractivity contribution in [1.82, 2.24) is 24.5 Å². The average molecular weight is 346 g/mol. The summed E-state index contributed by atoms with van der Waals surface area (Å²) in [7, 11) is 2.01. The van der Waals surface area contributed by atoms with Crippen LogP contribution in [0.2, 0.25) is 0 Å². The van der Waals surface area contributed by atoms with Gasteiger partial charge in [0.25, 0.3) is 0 Å². The summed E-state index contributed by atoms with van der Waals surface area (Å²) in [6.45, 7) is 9.38. The lowest BCUT2D eigenvalue weighted by atomic mass is 10.1. The van der Waals surface area contributed by atoms with Gasteiger partial charge in [-0.05, 0) is 20.8 Å². The van der Waals surface area contributed by atoms with Gasteiger partial charge >= 0.3 is 0 Å². The van der Waals surface area contributed by atoms with E-state index in [0.717, 1.165) is 37.7 Å². The molecule has 1 saturated heterocycles. The van der Waals surface area contributed by atoms with Crippen LogP contribution in [0.15, 0.2) is 23.0 Å². The van der Waals surface area contributed by atoms with Crippen LogP contribution in [-0.2, 0) is 18.4 Å². The number of aromatic nitrogens is 3. The van der Waals surface area contributed by atoms with E-state index in [1.54, 1.807) is 6.07 Å². The van der Waals surface area contributed by atoms with Gasteiger partial charge in [-0.15, -0.1) is 0 Å². The van der Waals surface area contributed by atoms with Gasteiger partial charge in [0.05, 0.1) is 18.3 Å². The molecule has 0 saturated carbocycles. The number of amides is 1. The Morgan fingerprint density at radius 1 is 1.48 bits per heavy atom. The third-order valence-electron chi connectivity index (χ3n) is 4.86. The fourth-order valence-corrected chi connectivity index (χ4v) is 3.15. The molecule has 0 aromatic carbocycles. The molecule has 2 aromatic heterocycles. The maximum Gasteiger partial charge on any atom is 0.243 e. The zero-order valence-corrected chi connectivity index (χ0v) is 15.3. The molecule has 0 bridgehead atoms. The Labute approximate surface area is 147 Å². The molecule has 8 nitrogen and oxygen atoms in total. The molecule has 1 amide bonds. The van der Waals surface area contributed by atoms with Gasteiger partial charge in [0.1, 0.15) is 5.82 Å². The van der Waals surface area contributed by atoms with E-state index in [-0.39, 0.29) is 11.9 Å². The first-order chi connectivity index (χ1) is 11.9. The van der Waals surface area contributed by atoms with E-state index in [1.807, 2.05) is 33.3 Å². The lowest BCUT2D eigenvalue weighted by molar-refractivity contribution is -0.122. The Morgan fingerprint density at radius 2 is 2.28 bits per heavy atom. The van der Waals surface area contributed by atoms with Crippen molar-refractivity contribution in [3.05, 3.63) is 30.0 Å². The maximum absolute atomic E-state index is 12.4. The van der Waals surface area contributed by atoms with Crippen LogP contribution in [0.1, 0.15) is 25.4 Å². The van der Waals surface area contributed by atoms with Crippen molar-refractivity contribution in [2.75, 3.05) is 25.0 Å². The number of rotatable bonds is 5. The van der Waals surface area contributed by atoms with Crippen LogP contribution in [0.5, 0.6) is 0 Å². The van der Waals surface area contributed by atoms with Crippen molar-refractivity contribution < 1.29 is 9.32 Å². The smallest absolute Gasteiger partial charge is 0.243 e. The highest BCUT2D eigenvalue weighted by molar-refractivity contribution is 5.93. The lowest BCUT2D eigenvalue weighted by Crippen LogP contribution is -2.56. The fraction of sp³-hybridized carbons (Fsp3) is 0.588. The average Bonchev–Trinajstić information content (AvgIpc) is 3.17. The first kappa shape index (κ1) is 17.6. The molecule has 1 aliphatic rings. The molecular weight excluding hydrogens is 320 g/mol. The Kier molecular flexibility index (Phi) is 5.19. The van der Waals surface area contributed by atoms with Crippen molar-refractivity contribution in [3.63, 3.8) is 0 Å². The summed E-state index contributed by atoms with van der Waals surface area (Å²) < 4.78 is 7.11. The zero-order chi connectivity index (χ0) is 18.0. The van der Waals surface area contributed by atoms with E-state index in [0.29, 0.717) is 11.9 Å². The van der Waals surface area contributed by atoms with Crippen LogP contribution < -0.4 is 5.32 Å². The van der Waals surface area contributed by atoms with E-state index in [1.165, 1.54) is 0 Å². The molecule has 0 aliphatic carbocycles. The highest BCUT2D eigenvalue weighted by atomic mass is 16.5. The second kappa shape index (κ2) is 7.37. The van der Waals surface area contributed by atoms with Gasteiger partial charge in [0.15, 0.2) is 0 Å². The number of carbonyl (C=O) groups excluding carboxylic acids is 1. The molecule has 0 radical (unpaired) electrons. The summed E-state index contributed by atoms with van der Waals surface area (Å²) in [5.74, 6) is 1.39. The Morgan fingerprint density at radius 3 is 2.88 bits per heavy atom. The van der Waals surface area contributed by atoms with Crippen molar-refractivity contribution in [2.24, 2.45) is 7.05 Å². The predicted molar refractivity (Wildman–Crippen MR) is 94.0 cm³/mol. The first-order valence-corrected chi connectivity index (χ1v) is 8.62. The van der Waals surface area contributed by atoms with Crippen molar-refractivity contribution in [1.29, 1.82) is 0 Å². The molecule has 8 heteroatoms. The van der Waals surface area contributed by atoms with E-state index in [2.05, 4.69) is 36.7 Å². The van der Waals surface area contributed by atoms with Crippen LogP contribution in [0.4, 0.5) is 5.88 Å². The minimum Gasteiger partial charge on any atom is -0.338 e. The van der Waals surface area contributed by atoms with Crippen LogP contribution in [0.25, 0.3) is 0 Å². The van der Waals surface area contributed by atoms with Crippen molar-refractivity contribution in [3.8, 4) is 0 Å². The van der Waals surface area contributed by atoms with Crippen LogP contribution in [0.3, 0.4) is 0 Å². The van der Waals surface area contributed by atoms with Crippen LogP contribution in [0, 0.1) is 6.92 Å². The number of nitrogens with zero attached hydrogens (tertiary/aromatic N) is 5. The minimum absolute atomic E-state index is 0.0686. The summed E-state index contributed by atoms with van der Waals surface area (Å²) in [6.07, 6.45) is 3.79. The third-order valence-corrected chi connectivity index (χ3v) is 4.86. The molecule has 0 spiro atoms. The second-order valence-corrected chi connectivity index (χ2v) is 6.77. The number of aryl methyl sites for hydroxylation is 2. The minimum atomic E-state index is -0.219. The number of anilines is 1. The molecule has 1 N–H and O–H groups in total. The highest BCUT2D eigenvalue weighted by Crippen LogP contribution is 2.16. The molecule has 2 aromatic rings. The van der Waals surface area contributed by atoms with Gasteiger partial charge in [0, 0.05) is 51.2 Å².